The molecule has 0 aliphatic carbocycles. The van der Waals surface area contributed by atoms with Crippen molar-refractivity contribution >= 4 is 10.8 Å². The van der Waals surface area contributed by atoms with Crippen molar-refractivity contribution in [2.75, 3.05) is 19.5 Å². The molecule has 74 valence electrons. The van der Waals surface area contributed by atoms with Crippen molar-refractivity contribution in [2.24, 2.45) is 5.73 Å². The second-order valence-electron chi connectivity index (χ2n) is 2.85. The smallest absolute Gasteiger partial charge is 0.0577 e. The van der Waals surface area contributed by atoms with Gasteiger partial charge in [-0.1, -0.05) is 6.92 Å². The lowest BCUT2D eigenvalue weighted by Gasteiger charge is -2.17. The van der Waals surface area contributed by atoms with Crippen LogP contribution in [0.3, 0.4) is 0 Å². The highest BCUT2D eigenvalue weighted by Crippen LogP contribution is 2.03. The highest BCUT2D eigenvalue weighted by Gasteiger charge is 2.16. The Balaban J connectivity index is 3.75. The molecule has 0 aromatic carbocycles. The number of hydrogen-bond acceptors (Lipinski definition) is 3. The molecule has 0 spiro atoms. The van der Waals surface area contributed by atoms with Crippen molar-refractivity contribution < 1.29 is 8.95 Å². The lowest BCUT2D eigenvalue weighted by molar-refractivity contribution is 0.218. The normalized spacial score (nSPS) is 18.7. The Morgan fingerprint density at radius 2 is 2.17 bits per heavy atom. The quantitative estimate of drug-likeness (QED) is 0.668. The highest BCUT2D eigenvalue weighted by molar-refractivity contribution is 7.85. The summed E-state index contributed by atoms with van der Waals surface area (Å²) in [5, 5.41) is 0.0742. The van der Waals surface area contributed by atoms with Crippen molar-refractivity contribution in [3.63, 3.8) is 0 Å². The number of methoxy groups -OCH3 is 1. The van der Waals surface area contributed by atoms with Crippen LogP contribution in [-0.4, -0.2) is 35.0 Å². The largest absolute Gasteiger partial charge is 0.384 e. The molecule has 0 fully saturated rings. The van der Waals surface area contributed by atoms with E-state index in [1.807, 2.05) is 13.8 Å². The molecule has 0 bridgehead atoms. The van der Waals surface area contributed by atoms with Gasteiger partial charge in [0.05, 0.1) is 6.61 Å². The van der Waals surface area contributed by atoms with E-state index < -0.39 is 10.8 Å². The van der Waals surface area contributed by atoms with Crippen LogP contribution in [0, 0.1) is 0 Å². The molecule has 3 atom stereocenters. The first-order valence-electron chi connectivity index (χ1n) is 4.25. The van der Waals surface area contributed by atoms with E-state index in [4.69, 9.17) is 10.5 Å². The van der Waals surface area contributed by atoms with Gasteiger partial charge in [0.2, 0.25) is 0 Å². The zero-order chi connectivity index (χ0) is 9.56. The van der Waals surface area contributed by atoms with Crippen molar-refractivity contribution in [1.82, 2.24) is 0 Å². The molecule has 0 aliphatic heterocycles. The minimum atomic E-state index is -0.845. The SMILES string of the molecule is CCC(N)C(C)S(=O)CCOC. The summed E-state index contributed by atoms with van der Waals surface area (Å²) in [5.74, 6) is 0.589. The first-order valence-corrected chi connectivity index (χ1v) is 5.63. The average Bonchev–Trinajstić information content (AvgIpc) is 2.11. The van der Waals surface area contributed by atoms with Crippen molar-refractivity contribution in [1.29, 1.82) is 0 Å². The van der Waals surface area contributed by atoms with E-state index in [1.165, 1.54) is 0 Å². The van der Waals surface area contributed by atoms with Crippen LogP contribution in [-0.2, 0) is 15.5 Å². The van der Waals surface area contributed by atoms with Gasteiger partial charge in [-0.2, -0.15) is 0 Å². The molecule has 3 unspecified atom stereocenters. The Labute approximate surface area is 77.1 Å². The topological polar surface area (TPSA) is 52.3 Å². The molecule has 0 rings (SSSR count). The molecule has 0 aromatic rings. The molecule has 2 N–H and O–H groups in total. The minimum Gasteiger partial charge on any atom is -0.384 e. The number of hydrogen-bond donors (Lipinski definition) is 1. The molecular formula is C8H19NO2S. The first-order chi connectivity index (χ1) is 5.63. The predicted octanol–water partition coefficient (Wildman–Crippen LogP) is 0.507. The molecule has 3 nitrogen and oxygen atoms in total. The lowest BCUT2D eigenvalue weighted by Crippen LogP contribution is -2.36. The zero-order valence-corrected chi connectivity index (χ0v) is 8.89. The van der Waals surface area contributed by atoms with E-state index in [1.54, 1.807) is 7.11 Å². The summed E-state index contributed by atoms with van der Waals surface area (Å²) < 4.78 is 16.3. The van der Waals surface area contributed by atoms with Gasteiger partial charge < -0.3 is 10.5 Å². The van der Waals surface area contributed by atoms with Crippen LogP contribution in [0.15, 0.2) is 0 Å². The Morgan fingerprint density at radius 3 is 2.58 bits per heavy atom. The van der Waals surface area contributed by atoms with Crippen LogP contribution in [0.2, 0.25) is 0 Å². The van der Waals surface area contributed by atoms with E-state index in [2.05, 4.69) is 0 Å². The summed E-state index contributed by atoms with van der Waals surface area (Å²) in [4.78, 5) is 0. The molecule has 0 amide bonds. The number of nitrogens with two attached hydrogens (primary N) is 1. The third-order valence-corrected chi connectivity index (χ3v) is 3.73. The molecule has 0 radical (unpaired) electrons. The standard InChI is InChI=1S/C8H19NO2S/c1-4-8(9)7(2)12(10)6-5-11-3/h7-8H,4-6,9H2,1-3H3. The second kappa shape index (κ2) is 6.57. The fraction of sp³-hybridized carbons (Fsp3) is 1.00. The molecule has 12 heavy (non-hydrogen) atoms. The van der Waals surface area contributed by atoms with Gasteiger partial charge in [-0.15, -0.1) is 0 Å². The number of ether oxygens (including phenoxy) is 1. The van der Waals surface area contributed by atoms with Crippen LogP contribution in [0.4, 0.5) is 0 Å². The molecule has 0 heterocycles. The summed E-state index contributed by atoms with van der Waals surface area (Å²) in [5.41, 5.74) is 5.76. The van der Waals surface area contributed by atoms with Crippen LogP contribution < -0.4 is 5.73 Å². The van der Waals surface area contributed by atoms with E-state index in [0.29, 0.717) is 12.4 Å². The van der Waals surface area contributed by atoms with Crippen molar-refractivity contribution in [2.45, 2.75) is 31.6 Å². The highest BCUT2D eigenvalue weighted by atomic mass is 32.2. The van der Waals surface area contributed by atoms with E-state index >= 15 is 0 Å². The van der Waals surface area contributed by atoms with Crippen molar-refractivity contribution in [3.8, 4) is 0 Å². The van der Waals surface area contributed by atoms with Gasteiger partial charge in [-0.3, -0.25) is 4.21 Å². The Hall–Kier alpha value is 0.0700. The van der Waals surface area contributed by atoms with Gasteiger partial charge in [-0.25, -0.2) is 0 Å². The maximum absolute atomic E-state index is 11.5. The predicted molar refractivity (Wildman–Crippen MR) is 52.6 cm³/mol. The van der Waals surface area contributed by atoms with Gasteiger partial charge in [-0.05, 0) is 13.3 Å². The van der Waals surface area contributed by atoms with Gasteiger partial charge in [0.1, 0.15) is 0 Å². The van der Waals surface area contributed by atoms with E-state index in [0.717, 1.165) is 6.42 Å². The second-order valence-corrected chi connectivity index (χ2v) is 4.77. The van der Waals surface area contributed by atoms with Crippen LogP contribution in [0.1, 0.15) is 20.3 Å². The Kier molecular flexibility index (Phi) is 6.61. The third-order valence-electron chi connectivity index (χ3n) is 1.98. The summed E-state index contributed by atoms with van der Waals surface area (Å²) in [7, 11) is 0.768. The molecule has 0 saturated heterocycles. The Morgan fingerprint density at radius 1 is 1.58 bits per heavy atom. The zero-order valence-electron chi connectivity index (χ0n) is 8.08. The summed E-state index contributed by atoms with van der Waals surface area (Å²) in [6, 6.07) is 0.0442. The first kappa shape index (κ1) is 12.1. The summed E-state index contributed by atoms with van der Waals surface area (Å²) in [6.45, 7) is 4.49. The molecule has 0 aliphatic rings. The van der Waals surface area contributed by atoms with Gasteiger partial charge in [0.15, 0.2) is 0 Å². The fourth-order valence-corrected chi connectivity index (χ4v) is 2.16. The van der Waals surface area contributed by atoms with E-state index in [9.17, 15) is 4.21 Å². The third kappa shape index (κ3) is 4.18. The van der Waals surface area contributed by atoms with Crippen molar-refractivity contribution in [3.05, 3.63) is 0 Å². The maximum Gasteiger partial charge on any atom is 0.0577 e. The van der Waals surface area contributed by atoms with Gasteiger partial charge in [0.25, 0.3) is 0 Å². The van der Waals surface area contributed by atoms with E-state index in [-0.39, 0.29) is 11.3 Å². The van der Waals surface area contributed by atoms with Gasteiger partial charge in [0, 0.05) is 35.0 Å². The summed E-state index contributed by atoms with van der Waals surface area (Å²) in [6.07, 6.45) is 0.875. The fourth-order valence-electron chi connectivity index (χ4n) is 0.878. The molecule has 0 aromatic heterocycles. The van der Waals surface area contributed by atoms with Crippen LogP contribution in [0.5, 0.6) is 0 Å². The maximum atomic E-state index is 11.5. The Bertz CT molecular complexity index is 141. The molecular weight excluding hydrogens is 174 g/mol. The average molecular weight is 193 g/mol. The van der Waals surface area contributed by atoms with Crippen LogP contribution in [0.25, 0.3) is 0 Å². The van der Waals surface area contributed by atoms with Gasteiger partial charge >= 0.3 is 0 Å². The van der Waals surface area contributed by atoms with Crippen LogP contribution >= 0.6 is 0 Å². The molecule has 0 saturated carbocycles. The minimum absolute atomic E-state index is 0.0442. The molecule has 4 heteroatoms. The summed E-state index contributed by atoms with van der Waals surface area (Å²) >= 11 is 0. The number of rotatable bonds is 6. The monoisotopic (exact) mass is 193 g/mol. The lowest BCUT2D eigenvalue weighted by atomic mass is 10.2.